The molecule has 10 nitrogen and oxygen atoms in total. The lowest BCUT2D eigenvalue weighted by Gasteiger charge is -2.26. The molecule has 1 aromatic carbocycles. The van der Waals surface area contributed by atoms with E-state index in [1.807, 2.05) is 69.3 Å². The van der Waals surface area contributed by atoms with Crippen LogP contribution in [0, 0.1) is 0 Å². The zero-order valence-corrected chi connectivity index (χ0v) is 21.8. The molecule has 0 atom stereocenters. The number of nitrogens with zero attached hydrogens (tertiary/aromatic N) is 6. The summed E-state index contributed by atoms with van der Waals surface area (Å²) in [5, 5.41) is 10.9. The van der Waals surface area contributed by atoms with E-state index in [1.165, 1.54) is 6.08 Å². The van der Waals surface area contributed by atoms with Gasteiger partial charge in [0.25, 0.3) is 0 Å². The van der Waals surface area contributed by atoms with E-state index in [2.05, 4.69) is 42.1 Å². The van der Waals surface area contributed by atoms with Crippen molar-refractivity contribution in [1.82, 2.24) is 24.6 Å². The second-order valence-electron chi connectivity index (χ2n) is 8.89. The highest BCUT2D eigenvalue weighted by Gasteiger charge is 2.17. The smallest absolute Gasteiger partial charge is 0.247 e. The highest BCUT2D eigenvalue weighted by Crippen LogP contribution is 2.38. The molecule has 0 saturated carbocycles. The van der Waals surface area contributed by atoms with E-state index in [0.29, 0.717) is 22.9 Å². The Balaban J connectivity index is 1.71. The number of rotatable bonds is 10. The molecule has 0 spiro atoms. The molecule has 4 aromatic rings. The normalized spacial score (nSPS) is 11.0. The predicted molar refractivity (Wildman–Crippen MR) is 149 cm³/mol. The van der Waals surface area contributed by atoms with Gasteiger partial charge in [0.2, 0.25) is 5.91 Å². The molecule has 0 aliphatic heterocycles. The summed E-state index contributed by atoms with van der Waals surface area (Å²) in [4.78, 5) is 25.4. The molecule has 0 unspecified atom stereocenters. The van der Waals surface area contributed by atoms with Crippen molar-refractivity contribution in [2.75, 3.05) is 56.9 Å². The number of anilines is 4. The minimum absolute atomic E-state index is 0.298. The number of hydrogen-bond acceptors (Lipinski definition) is 8. The number of aryl methyl sites for hydroxylation is 1. The third-order valence-electron chi connectivity index (χ3n) is 5.96. The van der Waals surface area contributed by atoms with Crippen LogP contribution >= 0.6 is 0 Å². The van der Waals surface area contributed by atoms with Crippen LogP contribution in [0.5, 0.6) is 5.75 Å². The molecule has 3 heterocycles. The quantitative estimate of drug-likeness (QED) is 0.316. The highest BCUT2D eigenvalue weighted by molar-refractivity contribution is 6.02. The fraction of sp³-hybridized carbons (Fsp3) is 0.259. The second kappa shape index (κ2) is 11.1. The molecule has 192 valence electrons. The molecule has 2 N–H and O–H groups in total. The second-order valence-corrected chi connectivity index (χ2v) is 8.89. The minimum atomic E-state index is -0.298. The number of benzene rings is 1. The van der Waals surface area contributed by atoms with Gasteiger partial charge in [-0.1, -0.05) is 6.58 Å². The van der Waals surface area contributed by atoms with Crippen molar-refractivity contribution in [2.24, 2.45) is 7.05 Å². The van der Waals surface area contributed by atoms with Crippen LogP contribution in [-0.2, 0) is 11.8 Å². The molecule has 0 bridgehead atoms. The number of carbonyl (C=O) groups is 1. The molecule has 4 rings (SSSR count). The van der Waals surface area contributed by atoms with Crippen molar-refractivity contribution in [3.8, 4) is 17.0 Å². The SMILES string of the molecule is C=CC(=O)Nc1cc(Nc2cc(-c3nn(C)c4cccnc34)ccn2)c(OC)cc1N(C)CCN(C)C. The van der Waals surface area contributed by atoms with Crippen molar-refractivity contribution in [3.63, 3.8) is 0 Å². The Bertz CT molecular complexity index is 1430. The summed E-state index contributed by atoms with van der Waals surface area (Å²) in [6.45, 7) is 5.19. The molecule has 0 aliphatic rings. The van der Waals surface area contributed by atoms with Gasteiger partial charge < -0.3 is 25.2 Å². The van der Waals surface area contributed by atoms with E-state index in [9.17, 15) is 4.79 Å². The summed E-state index contributed by atoms with van der Waals surface area (Å²) in [6.07, 6.45) is 4.73. The first kappa shape index (κ1) is 25.6. The molecule has 0 aliphatic carbocycles. The van der Waals surface area contributed by atoms with Gasteiger partial charge in [-0.05, 0) is 50.5 Å². The number of ether oxygens (including phenoxy) is 1. The predicted octanol–water partition coefficient (Wildman–Crippen LogP) is 3.90. The van der Waals surface area contributed by atoms with Crippen LogP contribution < -0.4 is 20.3 Å². The van der Waals surface area contributed by atoms with Crippen molar-refractivity contribution in [3.05, 3.63) is 61.4 Å². The average Bonchev–Trinajstić information content (AvgIpc) is 3.24. The van der Waals surface area contributed by atoms with Gasteiger partial charge in [-0.2, -0.15) is 5.10 Å². The first-order chi connectivity index (χ1) is 17.8. The maximum atomic E-state index is 12.2. The van der Waals surface area contributed by atoms with Gasteiger partial charge in [0.15, 0.2) is 0 Å². The van der Waals surface area contributed by atoms with E-state index in [0.717, 1.165) is 41.1 Å². The number of hydrogen-bond donors (Lipinski definition) is 2. The van der Waals surface area contributed by atoms with Crippen LogP contribution in [0.1, 0.15) is 0 Å². The Morgan fingerprint density at radius 1 is 1.11 bits per heavy atom. The first-order valence-corrected chi connectivity index (χ1v) is 11.8. The summed E-state index contributed by atoms with van der Waals surface area (Å²) in [5.74, 6) is 0.911. The number of aromatic nitrogens is 4. The number of amides is 1. The zero-order valence-electron chi connectivity index (χ0n) is 21.8. The number of carbonyl (C=O) groups excluding carboxylic acids is 1. The van der Waals surface area contributed by atoms with Crippen molar-refractivity contribution < 1.29 is 9.53 Å². The van der Waals surface area contributed by atoms with Crippen LogP contribution in [0.3, 0.4) is 0 Å². The summed E-state index contributed by atoms with van der Waals surface area (Å²) < 4.78 is 7.52. The topological polar surface area (TPSA) is 100 Å². The Morgan fingerprint density at radius 2 is 1.92 bits per heavy atom. The number of pyridine rings is 2. The minimum Gasteiger partial charge on any atom is -0.494 e. The maximum Gasteiger partial charge on any atom is 0.247 e. The number of likely N-dealkylation sites (N-methyl/N-ethyl adjacent to an activating group) is 2. The van der Waals surface area contributed by atoms with Crippen LogP contribution in [0.25, 0.3) is 22.3 Å². The monoisotopic (exact) mass is 500 g/mol. The zero-order chi connectivity index (χ0) is 26.5. The lowest BCUT2D eigenvalue weighted by Crippen LogP contribution is -2.29. The summed E-state index contributed by atoms with van der Waals surface area (Å²) in [7, 11) is 9.53. The van der Waals surface area contributed by atoms with Gasteiger partial charge >= 0.3 is 0 Å². The van der Waals surface area contributed by atoms with E-state index in [-0.39, 0.29) is 5.91 Å². The van der Waals surface area contributed by atoms with E-state index >= 15 is 0 Å². The number of nitrogens with one attached hydrogen (secondary N) is 2. The Kier molecular flexibility index (Phi) is 7.69. The largest absolute Gasteiger partial charge is 0.494 e. The molecule has 1 amide bonds. The molecule has 37 heavy (non-hydrogen) atoms. The van der Waals surface area contributed by atoms with E-state index in [1.54, 1.807) is 19.5 Å². The van der Waals surface area contributed by atoms with Gasteiger partial charge in [-0.25, -0.2) is 4.98 Å². The van der Waals surface area contributed by atoms with Crippen molar-refractivity contribution in [1.29, 1.82) is 0 Å². The summed E-state index contributed by atoms with van der Waals surface area (Å²) in [5.41, 5.74) is 5.52. The summed E-state index contributed by atoms with van der Waals surface area (Å²) >= 11 is 0. The molecular weight excluding hydrogens is 468 g/mol. The van der Waals surface area contributed by atoms with E-state index < -0.39 is 0 Å². The van der Waals surface area contributed by atoms with Crippen LogP contribution in [0.2, 0.25) is 0 Å². The first-order valence-electron chi connectivity index (χ1n) is 11.8. The van der Waals surface area contributed by atoms with Gasteiger partial charge in [-0.3, -0.25) is 14.5 Å². The van der Waals surface area contributed by atoms with Crippen molar-refractivity contribution >= 4 is 39.8 Å². The lowest BCUT2D eigenvalue weighted by molar-refractivity contribution is -0.111. The Hall–Kier alpha value is -4.44. The average molecular weight is 501 g/mol. The fourth-order valence-electron chi connectivity index (χ4n) is 3.98. The molecular formula is C27H32N8O2. The maximum absolute atomic E-state index is 12.2. The fourth-order valence-corrected chi connectivity index (χ4v) is 3.98. The molecule has 0 saturated heterocycles. The van der Waals surface area contributed by atoms with Gasteiger partial charge in [-0.15, -0.1) is 0 Å². The van der Waals surface area contributed by atoms with Crippen LogP contribution in [0.15, 0.2) is 61.4 Å². The standard InChI is InChI=1S/C27H32N8O2/c1-7-25(36)31-19-16-20(23(37-6)17-22(19)34(4)14-13-33(2)3)30-24-15-18(10-12-28-24)26-27-21(35(5)32-26)9-8-11-29-27/h7-12,15-17H,1,13-14H2,2-6H3,(H,28,30)(H,31,36). The van der Waals surface area contributed by atoms with E-state index in [4.69, 9.17) is 4.74 Å². The Morgan fingerprint density at radius 3 is 2.65 bits per heavy atom. The number of fused-ring (bicyclic) bond motifs is 1. The third-order valence-corrected chi connectivity index (χ3v) is 5.96. The number of methoxy groups -OCH3 is 1. The molecule has 10 heteroatoms. The molecule has 0 radical (unpaired) electrons. The van der Waals surface area contributed by atoms with Crippen LogP contribution in [-0.4, -0.2) is 71.9 Å². The van der Waals surface area contributed by atoms with Gasteiger partial charge in [0.1, 0.15) is 22.8 Å². The third kappa shape index (κ3) is 5.70. The van der Waals surface area contributed by atoms with Crippen molar-refractivity contribution in [2.45, 2.75) is 0 Å². The highest BCUT2D eigenvalue weighted by atomic mass is 16.5. The Labute approximate surface area is 216 Å². The van der Waals surface area contributed by atoms with Crippen LogP contribution in [0.4, 0.5) is 22.9 Å². The summed E-state index contributed by atoms with van der Waals surface area (Å²) in [6, 6.07) is 11.4. The van der Waals surface area contributed by atoms with Gasteiger partial charge in [0.05, 0.1) is 29.7 Å². The van der Waals surface area contributed by atoms with Gasteiger partial charge in [0, 0.05) is 51.2 Å². The molecule has 3 aromatic heterocycles. The lowest BCUT2D eigenvalue weighted by atomic mass is 10.1. The molecule has 0 fully saturated rings.